The van der Waals surface area contributed by atoms with Gasteiger partial charge >= 0.3 is 11.9 Å². The predicted octanol–water partition coefficient (Wildman–Crippen LogP) is 10.0. The van der Waals surface area contributed by atoms with Crippen LogP contribution in [0.1, 0.15) is 68.5 Å². The van der Waals surface area contributed by atoms with Gasteiger partial charge in [0.25, 0.3) is 0 Å². The highest BCUT2D eigenvalue weighted by atomic mass is 16.6. The molecule has 6 rings (SSSR count). The number of carbonyl (C=O) groups is 2. The lowest BCUT2D eigenvalue weighted by molar-refractivity contribution is -0.164. The van der Waals surface area contributed by atoms with E-state index in [0.29, 0.717) is 0 Å². The van der Waals surface area contributed by atoms with Crippen LogP contribution in [0.5, 0.6) is 0 Å². The fourth-order valence-electron chi connectivity index (χ4n) is 7.00. The number of carbonyl (C=O) groups excluding carboxylic acids is 1. The van der Waals surface area contributed by atoms with Crippen LogP contribution in [0.25, 0.3) is 0 Å². The van der Waals surface area contributed by atoms with Crippen molar-refractivity contribution in [2.45, 2.75) is 57.8 Å². The number of esters is 1. The Morgan fingerprint density at radius 3 is 1.04 bits per heavy atom. The summed E-state index contributed by atoms with van der Waals surface area (Å²) in [6, 6.07) is 53.1. The van der Waals surface area contributed by atoms with Crippen molar-refractivity contribution >= 4 is 11.9 Å². The first-order chi connectivity index (χ1) is 26.6. The zero-order valence-corrected chi connectivity index (χ0v) is 31.9. The van der Waals surface area contributed by atoms with E-state index >= 15 is 0 Å². The molecule has 0 bridgehead atoms. The largest absolute Gasteiger partial charge is 0.481 e. The highest BCUT2D eigenvalue weighted by molar-refractivity contribution is 5.76. The lowest BCUT2D eigenvalue weighted by Crippen LogP contribution is -2.41. The maximum Gasteiger partial charge on any atom is 0.306 e. The summed E-state index contributed by atoms with van der Waals surface area (Å²) in [6.07, 6.45) is -1.57. The van der Waals surface area contributed by atoms with E-state index < -0.39 is 29.2 Å². The van der Waals surface area contributed by atoms with Crippen molar-refractivity contribution in [1.82, 2.24) is 0 Å². The molecular weight excluding hydrogens is 685 g/mol. The van der Waals surface area contributed by atoms with Crippen LogP contribution in [0, 0.1) is 27.7 Å². The van der Waals surface area contributed by atoms with Crippen molar-refractivity contribution in [3.8, 4) is 0 Å². The van der Waals surface area contributed by atoms with E-state index in [0.717, 1.165) is 55.6 Å². The Hall–Kier alpha value is -5.82. The Labute approximate surface area is 324 Å². The Kier molecular flexibility index (Phi) is 12.4. The summed E-state index contributed by atoms with van der Waals surface area (Å²) in [6.45, 7) is 8.05. The highest BCUT2D eigenvalue weighted by Crippen LogP contribution is 2.43. The van der Waals surface area contributed by atoms with Gasteiger partial charge in [0.1, 0.15) is 17.3 Å². The maximum atomic E-state index is 13.4. The van der Waals surface area contributed by atoms with Crippen molar-refractivity contribution in [2.75, 3.05) is 13.2 Å². The molecule has 0 fully saturated rings. The molecule has 0 aliphatic carbocycles. The molecule has 0 radical (unpaired) electrons. The Morgan fingerprint density at radius 2 is 0.745 bits per heavy atom. The molecule has 0 amide bonds. The van der Waals surface area contributed by atoms with Crippen LogP contribution in [0.2, 0.25) is 0 Å². The van der Waals surface area contributed by atoms with Gasteiger partial charge in [-0.2, -0.15) is 0 Å². The number of carboxylic acids is 1. The first-order valence-corrected chi connectivity index (χ1v) is 18.7. The van der Waals surface area contributed by atoms with E-state index in [4.69, 9.17) is 14.2 Å². The van der Waals surface area contributed by atoms with Gasteiger partial charge in [-0.15, -0.1) is 0 Å². The summed E-state index contributed by atoms with van der Waals surface area (Å²) in [5.41, 5.74) is 7.66. The number of rotatable bonds is 16. The van der Waals surface area contributed by atoms with E-state index in [1.165, 1.54) is 0 Å². The van der Waals surface area contributed by atoms with E-state index in [2.05, 4.69) is 97.1 Å². The monoisotopic (exact) mass is 732 g/mol. The van der Waals surface area contributed by atoms with Gasteiger partial charge in [0.15, 0.2) is 0 Å². The van der Waals surface area contributed by atoms with Gasteiger partial charge in [0.05, 0.1) is 26.1 Å². The summed E-state index contributed by atoms with van der Waals surface area (Å²) < 4.78 is 20.5. The van der Waals surface area contributed by atoms with Crippen molar-refractivity contribution in [3.63, 3.8) is 0 Å². The van der Waals surface area contributed by atoms with Crippen LogP contribution < -0.4 is 0 Å². The fraction of sp³-hybridized carbons (Fsp3) is 0.224. The van der Waals surface area contributed by atoms with E-state index in [1.807, 2.05) is 88.4 Å². The van der Waals surface area contributed by atoms with Crippen LogP contribution >= 0.6 is 0 Å². The minimum Gasteiger partial charge on any atom is -0.481 e. The van der Waals surface area contributed by atoms with Gasteiger partial charge in [0.2, 0.25) is 0 Å². The highest BCUT2D eigenvalue weighted by Gasteiger charge is 2.41. The van der Waals surface area contributed by atoms with E-state index in [-0.39, 0.29) is 26.1 Å². The van der Waals surface area contributed by atoms with Crippen LogP contribution in [0.15, 0.2) is 158 Å². The number of aryl methyl sites for hydroxylation is 4. The lowest BCUT2D eigenvalue weighted by atomic mass is 9.79. The van der Waals surface area contributed by atoms with Gasteiger partial charge in [-0.05, 0) is 61.1 Å². The molecule has 6 aromatic carbocycles. The van der Waals surface area contributed by atoms with Crippen molar-refractivity contribution in [3.05, 3.63) is 213 Å². The second kappa shape index (κ2) is 17.5. The first-order valence-electron chi connectivity index (χ1n) is 18.7. The van der Waals surface area contributed by atoms with Gasteiger partial charge in [-0.3, -0.25) is 9.59 Å². The van der Waals surface area contributed by atoms with Crippen molar-refractivity contribution in [1.29, 1.82) is 0 Å². The molecule has 0 atom stereocenters. The third-order valence-corrected chi connectivity index (χ3v) is 10.0. The molecule has 6 heteroatoms. The summed E-state index contributed by atoms with van der Waals surface area (Å²) in [7, 11) is 0. The van der Waals surface area contributed by atoms with E-state index in [9.17, 15) is 14.7 Å². The second-order valence-electron chi connectivity index (χ2n) is 14.2. The molecule has 6 aromatic rings. The van der Waals surface area contributed by atoms with Crippen LogP contribution in [-0.2, 0) is 35.0 Å². The minimum absolute atomic E-state index is 0.0673. The molecule has 6 nitrogen and oxygen atoms in total. The number of aliphatic carboxylic acids is 1. The third kappa shape index (κ3) is 8.94. The van der Waals surface area contributed by atoms with Gasteiger partial charge in [-0.25, -0.2) is 0 Å². The standard InChI is InChI=1S/C49H48O6/c1-35-15-23-41(24-16-35)48(39-11-7-5-8-12-39,42-25-17-36(2)18-26-42)53-33-45(55-47(52)32-31-46(50)51)34-54-49(40-13-9-6-10-14-40,43-27-19-37(3)20-28-43)44-29-21-38(4)22-30-44/h5-30,45H,31-34H2,1-4H3,(H,50,51). The Morgan fingerprint density at radius 1 is 0.455 bits per heavy atom. The molecular formula is C49H48O6. The average Bonchev–Trinajstić information content (AvgIpc) is 3.20. The summed E-state index contributed by atoms with van der Waals surface area (Å²) in [4.78, 5) is 24.9. The van der Waals surface area contributed by atoms with Crippen LogP contribution in [-0.4, -0.2) is 36.4 Å². The van der Waals surface area contributed by atoms with Gasteiger partial charge < -0.3 is 19.3 Å². The molecule has 0 saturated heterocycles. The van der Waals surface area contributed by atoms with Crippen molar-refractivity contribution < 1.29 is 28.9 Å². The van der Waals surface area contributed by atoms with Gasteiger partial charge in [-0.1, -0.05) is 180 Å². The molecule has 55 heavy (non-hydrogen) atoms. The summed E-state index contributed by atoms with van der Waals surface area (Å²) in [5.74, 6) is -1.73. The number of hydrogen-bond donors (Lipinski definition) is 1. The third-order valence-electron chi connectivity index (χ3n) is 10.0. The number of hydrogen-bond acceptors (Lipinski definition) is 5. The SMILES string of the molecule is Cc1ccc(C(OCC(COC(c2ccccc2)(c2ccc(C)cc2)c2ccc(C)cc2)OC(=O)CCC(=O)O)(c2ccccc2)c2ccc(C)cc2)cc1. The molecule has 0 heterocycles. The number of benzene rings is 6. The molecule has 280 valence electrons. The second-order valence-corrected chi connectivity index (χ2v) is 14.2. The zero-order chi connectivity index (χ0) is 38.8. The normalized spacial score (nSPS) is 11.7. The van der Waals surface area contributed by atoms with Crippen LogP contribution in [0.3, 0.4) is 0 Å². The molecule has 0 spiro atoms. The summed E-state index contributed by atoms with van der Waals surface area (Å²) >= 11 is 0. The van der Waals surface area contributed by atoms with Gasteiger partial charge in [0, 0.05) is 0 Å². The first kappa shape index (κ1) is 38.9. The number of carboxylic acid groups (broad SMARTS) is 1. The Bertz CT molecular complexity index is 1910. The maximum absolute atomic E-state index is 13.4. The topological polar surface area (TPSA) is 82.1 Å². The Balaban J connectivity index is 1.46. The molecule has 0 aliphatic rings. The van der Waals surface area contributed by atoms with Crippen LogP contribution in [0.4, 0.5) is 0 Å². The molecule has 0 unspecified atom stereocenters. The molecule has 0 aromatic heterocycles. The minimum atomic E-state index is -1.10. The summed E-state index contributed by atoms with van der Waals surface area (Å²) in [5, 5.41) is 9.39. The predicted molar refractivity (Wildman–Crippen MR) is 216 cm³/mol. The quantitative estimate of drug-likeness (QED) is 0.0788. The lowest BCUT2D eigenvalue weighted by Gasteiger charge is -2.39. The van der Waals surface area contributed by atoms with E-state index in [1.54, 1.807) is 0 Å². The number of ether oxygens (including phenoxy) is 3. The smallest absolute Gasteiger partial charge is 0.306 e. The zero-order valence-electron chi connectivity index (χ0n) is 31.9. The molecule has 0 saturated carbocycles. The van der Waals surface area contributed by atoms with Crippen molar-refractivity contribution in [2.24, 2.45) is 0 Å². The molecule has 1 N–H and O–H groups in total. The molecule has 0 aliphatic heterocycles. The average molecular weight is 733 g/mol. The fourth-order valence-corrected chi connectivity index (χ4v) is 7.00.